The largest absolute Gasteiger partial charge is 0.493 e. The second-order valence-electron chi connectivity index (χ2n) is 7.14. The first-order valence-electron chi connectivity index (χ1n) is 10.1. The van der Waals surface area contributed by atoms with Crippen molar-refractivity contribution in [1.29, 1.82) is 0 Å². The molecule has 1 N–H and O–H groups in total. The number of esters is 1. The molecule has 1 aromatic carbocycles. The summed E-state index contributed by atoms with van der Waals surface area (Å²) in [4.78, 5) is 37.7. The van der Waals surface area contributed by atoms with E-state index >= 15 is 0 Å². The number of benzene rings is 1. The monoisotopic (exact) mass is 422 g/mol. The first-order valence-corrected chi connectivity index (χ1v) is 10.1. The molecule has 0 radical (unpaired) electrons. The van der Waals surface area contributed by atoms with Crippen LogP contribution in [0.15, 0.2) is 18.2 Å². The van der Waals surface area contributed by atoms with Gasteiger partial charge in [0.2, 0.25) is 0 Å². The van der Waals surface area contributed by atoms with Crippen molar-refractivity contribution in [3.05, 3.63) is 23.8 Å². The molecule has 1 fully saturated rings. The smallest absolute Gasteiger partial charge is 0.409 e. The zero-order valence-electron chi connectivity index (χ0n) is 17.9. The number of rotatable bonds is 8. The summed E-state index contributed by atoms with van der Waals surface area (Å²) in [6.07, 6.45) is 0.862. The summed E-state index contributed by atoms with van der Waals surface area (Å²) < 4.78 is 21.0. The van der Waals surface area contributed by atoms with E-state index in [1.54, 1.807) is 24.0 Å². The van der Waals surface area contributed by atoms with Gasteiger partial charge in [-0.3, -0.25) is 4.79 Å². The van der Waals surface area contributed by atoms with Crippen LogP contribution in [0, 0.1) is 0 Å². The van der Waals surface area contributed by atoms with Crippen LogP contribution in [0.3, 0.4) is 0 Å². The van der Waals surface area contributed by atoms with Crippen LogP contribution < -0.4 is 14.8 Å². The van der Waals surface area contributed by atoms with Gasteiger partial charge < -0.3 is 29.2 Å². The van der Waals surface area contributed by atoms with E-state index in [0.29, 0.717) is 44.0 Å². The van der Waals surface area contributed by atoms with E-state index in [0.717, 1.165) is 0 Å². The van der Waals surface area contributed by atoms with E-state index < -0.39 is 5.97 Å². The van der Waals surface area contributed by atoms with E-state index in [9.17, 15) is 14.4 Å². The highest BCUT2D eigenvalue weighted by atomic mass is 16.6. The second kappa shape index (κ2) is 11.3. The van der Waals surface area contributed by atoms with Gasteiger partial charge in [-0.25, -0.2) is 9.59 Å². The fraction of sp³-hybridized carbons (Fsp3) is 0.571. The molecule has 2 rings (SSSR count). The van der Waals surface area contributed by atoms with Crippen molar-refractivity contribution in [1.82, 2.24) is 10.2 Å². The number of carbonyl (C=O) groups excluding carboxylic acids is 3. The van der Waals surface area contributed by atoms with Gasteiger partial charge in [0.1, 0.15) is 0 Å². The predicted molar refractivity (Wildman–Crippen MR) is 109 cm³/mol. The Hall–Kier alpha value is -2.97. The Morgan fingerprint density at radius 1 is 1.13 bits per heavy atom. The quantitative estimate of drug-likeness (QED) is 0.642. The van der Waals surface area contributed by atoms with E-state index in [4.69, 9.17) is 18.9 Å². The minimum absolute atomic E-state index is 0.0374. The van der Waals surface area contributed by atoms with Gasteiger partial charge in [0.05, 0.1) is 25.4 Å². The predicted octanol–water partition coefficient (Wildman–Crippen LogP) is 2.38. The summed E-state index contributed by atoms with van der Waals surface area (Å²) in [6.45, 7) is 6.50. The zero-order chi connectivity index (χ0) is 22.1. The highest BCUT2D eigenvalue weighted by molar-refractivity contribution is 5.92. The molecule has 0 atom stereocenters. The minimum atomic E-state index is -0.628. The molecule has 1 heterocycles. The van der Waals surface area contributed by atoms with Gasteiger partial charge in [0.15, 0.2) is 18.1 Å². The molecule has 1 saturated heterocycles. The van der Waals surface area contributed by atoms with Gasteiger partial charge in [-0.15, -0.1) is 0 Å². The van der Waals surface area contributed by atoms with E-state index in [1.165, 1.54) is 13.2 Å². The van der Waals surface area contributed by atoms with Gasteiger partial charge in [-0.05, 0) is 51.8 Å². The van der Waals surface area contributed by atoms with Gasteiger partial charge in [0.25, 0.3) is 5.91 Å². The number of ether oxygens (including phenoxy) is 4. The van der Waals surface area contributed by atoms with Gasteiger partial charge >= 0.3 is 12.1 Å². The molecule has 9 heteroatoms. The molecule has 0 unspecified atom stereocenters. The summed E-state index contributed by atoms with van der Waals surface area (Å²) in [5, 5.41) is 2.83. The molecule has 30 heavy (non-hydrogen) atoms. The van der Waals surface area contributed by atoms with Gasteiger partial charge in [0, 0.05) is 19.1 Å². The fourth-order valence-corrected chi connectivity index (χ4v) is 3.05. The van der Waals surface area contributed by atoms with Crippen molar-refractivity contribution in [2.75, 3.05) is 33.4 Å². The lowest BCUT2D eigenvalue weighted by Gasteiger charge is -2.31. The van der Waals surface area contributed by atoms with Crippen molar-refractivity contribution in [2.24, 2.45) is 0 Å². The van der Waals surface area contributed by atoms with E-state index in [-0.39, 0.29) is 36.3 Å². The molecule has 1 aliphatic rings. The first kappa shape index (κ1) is 23.3. The Balaban J connectivity index is 1.79. The molecule has 1 aliphatic heterocycles. The molecular formula is C21H30N2O7. The highest BCUT2D eigenvalue weighted by Gasteiger charge is 2.25. The van der Waals surface area contributed by atoms with Crippen LogP contribution in [-0.4, -0.2) is 68.4 Å². The fourth-order valence-electron chi connectivity index (χ4n) is 3.05. The minimum Gasteiger partial charge on any atom is -0.493 e. The molecule has 1 aromatic rings. The number of hydrogen-bond donors (Lipinski definition) is 1. The number of nitrogens with zero attached hydrogens (tertiary/aromatic N) is 1. The van der Waals surface area contributed by atoms with Crippen molar-refractivity contribution in [3.8, 4) is 11.5 Å². The molecule has 0 aliphatic carbocycles. The topological polar surface area (TPSA) is 103 Å². The number of hydrogen-bond acceptors (Lipinski definition) is 7. The summed E-state index contributed by atoms with van der Waals surface area (Å²) in [7, 11) is 1.48. The summed E-state index contributed by atoms with van der Waals surface area (Å²) in [5.41, 5.74) is 0.263. The van der Waals surface area contributed by atoms with Gasteiger partial charge in [-0.2, -0.15) is 0 Å². The zero-order valence-corrected chi connectivity index (χ0v) is 17.9. The lowest BCUT2D eigenvalue weighted by atomic mass is 10.1. The third kappa shape index (κ3) is 6.82. The Morgan fingerprint density at radius 2 is 1.83 bits per heavy atom. The molecule has 0 bridgehead atoms. The average molecular weight is 422 g/mol. The van der Waals surface area contributed by atoms with E-state index in [1.807, 2.05) is 13.8 Å². The maximum Gasteiger partial charge on any atom is 0.409 e. The van der Waals surface area contributed by atoms with Crippen LogP contribution in [0.4, 0.5) is 4.79 Å². The maximum atomic E-state index is 12.3. The second-order valence-corrected chi connectivity index (χ2v) is 7.14. The van der Waals surface area contributed by atoms with Crippen LogP contribution >= 0.6 is 0 Å². The molecule has 0 spiro atoms. The molecule has 0 saturated carbocycles. The third-order valence-electron chi connectivity index (χ3n) is 4.48. The Labute approximate surface area is 176 Å². The number of methoxy groups -OCH3 is 1. The highest BCUT2D eigenvalue weighted by Crippen LogP contribution is 2.29. The van der Waals surface area contributed by atoms with Crippen molar-refractivity contribution >= 4 is 18.0 Å². The number of amides is 2. The Morgan fingerprint density at radius 3 is 2.43 bits per heavy atom. The third-order valence-corrected chi connectivity index (χ3v) is 4.48. The SMILES string of the molecule is CCOC(=O)N1CCC(NC(=O)COC(=O)c2ccc(OC(C)C)c(OC)c2)CC1. The van der Waals surface area contributed by atoms with Crippen LogP contribution in [-0.2, 0) is 14.3 Å². The van der Waals surface area contributed by atoms with Gasteiger partial charge in [-0.1, -0.05) is 0 Å². The van der Waals surface area contributed by atoms with Crippen LogP contribution in [0.25, 0.3) is 0 Å². The van der Waals surface area contributed by atoms with Crippen LogP contribution in [0.1, 0.15) is 44.0 Å². The van der Waals surface area contributed by atoms with Crippen LogP contribution in [0.5, 0.6) is 11.5 Å². The lowest BCUT2D eigenvalue weighted by Crippen LogP contribution is -2.47. The summed E-state index contributed by atoms with van der Waals surface area (Å²) >= 11 is 0. The Kier molecular flexibility index (Phi) is 8.76. The number of piperidine rings is 1. The molecule has 9 nitrogen and oxygen atoms in total. The maximum absolute atomic E-state index is 12.3. The van der Waals surface area contributed by atoms with E-state index in [2.05, 4.69) is 5.32 Å². The number of nitrogens with one attached hydrogen (secondary N) is 1. The number of carbonyl (C=O) groups is 3. The van der Waals surface area contributed by atoms with Crippen molar-refractivity contribution in [2.45, 2.75) is 45.8 Å². The molecular weight excluding hydrogens is 392 g/mol. The standard InChI is InChI=1S/C21H30N2O7/c1-5-28-21(26)23-10-8-16(9-11-23)22-19(24)13-29-20(25)15-6-7-17(30-14(2)3)18(12-15)27-4/h6-7,12,14,16H,5,8-11,13H2,1-4H3,(H,22,24). The van der Waals surface area contributed by atoms with Crippen LogP contribution in [0.2, 0.25) is 0 Å². The normalized spacial score (nSPS) is 14.2. The average Bonchev–Trinajstić information content (AvgIpc) is 2.72. The number of likely N-dealkylation sites (tertiary alicyclic amines) is 1. The summed E-state index contributed by atoms with van der Waals surface area (Å²) in [6, 6.07) is 4.64. The molecule has 0 aromatic heterocycles. The first-order chi connectivity index (χ1) is 14.3. The lowest BCUT2D eigenvalue weighted by molar-refractivity contribution is -0.125. The Bertz CT molecular complexity index is 743. The van der Waals surface area contributed by atoms with Crippen molar-refractivity contribution in [3.63, 3.8) is 0 Å². The van der Waals surface area contributed by atoms with Crippen molar-refractivity contribution < 1.29 is 33.3 Å². The molecule has 166 valence electrons. The summed E-state index contributed by atoms with van der Waals surface area (Å²) in [5.74, 6) is -0.0757. The molecule has 2 amide bonds.